The van der Waals surface area contributed by atoms with Crippen LogP contribution in [0.25, 0.3) is 0 Å². The molecule has 0 unspecified atom stereocenters. The van der Waals surface area contributed by atoms with Gasteiger partial charge in [0.2, 0.25) is 0 Å². The fourth-order valence-electron chi connectivity index (χ4n) is 1.48. The van der Waals surface area contributed by atoms with E-state index in [0.717, 1.165) is 4.47 Å². The summed E-state index contributed by atoms with van der Waals surface area (Å²) < 4.78 is 14.2. The summed E-state index contributed by atoms with van der Waals surface area (Å²) in [6.45, 7) is 0.309. The number of hydrogen-bond donors (Lipinski definition) is 1. The second kappa shape index (κ2) is 5.69. The summed E-state index contributed by atoms with van der Waals surface area (Å²) in [6, 6.07) is 4.53. The van der Waals surface area contributed by atoms with Gasteiger partial charge in [0.25, 0.3) is 0 Å². The Balaban J connectivity index is 2.18. The second-order valence-electron chi connectivity index (χ2n) is 3.67. The molecule has 2 aromatic rings. The number of nitrogens with two attached hydrogens (primary N) is 1. The van der Waals surface area contributed by atoms with Crippen LogP contribution in [0, 0.1) is 5.82 Å². The van der Waals surface area contributed by atoms with E-state index in [1.807, 2.05) is 0 Å². The van der Waals surface area contributed by atoms with Crippen LogP contribution in [-0.2, 0) is 13.0 Å². The molecule has 0 amide bonds. The van der Waals surface area contributed by atoms with Crippen LogP contribution in [0.1, 0.15) is 21.1 Å². The lowest BCUT2D eigenvalue weighted by Gasteiger charge is -2.02. The van der Waals surface area contributed by atoms with Crippen molar-refractivity contribution in [3.8, 4) is 0 Å². The molecule has 0 aliphatic rings. The van der Waals surface area contributed by atoms with Crippen LogP contribution in [0.5, 0.6) is 0 Å². The number of hydrogen-bond acceptors (Lipinski definition) is 4. The van der Waals surface area contributed by atoms with Gasteiger partial charge in [-0.2, -0.15) is 0 Å². The van der Waals surface area contributed by atoms with Gasteiger partial charge in [-0.15, -0.1) is 11.3 Å². The topological polar surface area (TPSA) is 56.0 Å². The molecular weight excluding hydrogens is 319 g/mol. The molecule has 2 N–H and O–H groups in total. The third-order valence-electron chi connectivity index (χ3n) is 2.37. The highest BCUT2D eigenvalue weighted by atomic mass is 79.9. The molecule has 3 nitrogen and oxygen atoms in total. The average molecular weight is 329 g/mol. The Bertz CT molecular complexity index is 585. The number of carbonyl (C=O) groups is 1. The molecule has 2 rings (SSSR count). The zero-order valence-electron chi connectivity index (χ0n) is 9.32. The molecule has 0 saturated heterocycles. The molecule has 1 heterocycles. The molecule has 18 heavy (non-hydrogen) atoms. The Kier molecular flexibility index (Phi) is 4.21. The van der Waals surface area contributed by atoms with Crippen LogP contribution >= 0.6 is 27.3 Å². The van der Waals surface area contributed by atoms with Gasteiger partial charge in [-0.1, -0.05) is 15.9 Å². The fraction of sp³-hybridized carbons (Fsp3) is 0.167. The molecule has 1 aromatic carbocycles. The third-order valence-corrected chi connectivity index (χ3v) is 3.74. The Hall–Kier alpha value is -1.11. The average Bonchev–Trinajstić information content (AvgIpc) is 2.82. The van der Waals surface area contributed by atoms with Crippen molar-refractivity contribution in [2.24, 2.45) is 5.73 Å². The number of benzene rings is 1. The summed E-state index contributed by atoms with van der Waals surface area (Å²) >= 11 is 4.59. The monoisotopic (exact) mass is 328 g/mol. The zero-order valence-corrected chi connectivity index (χ0v) is 11.7. The smallest absolute Gasteiger partial charge is 0.186 e. The maximum Gasteiger partial charge on any atom is 0.186 e. The molecule has 0 aliphatic heterocycles. The van der Waals surface area contributed by atoms with Crippen molar-refractivity contribution >= 4 is 33.0 Å². The summed E-state index contributed by atoms with van der Waals surface area (Å²) in [5.74, 6) is -0.594. The first-order valence-corrected chi connectivity index (χ1v) is 6.89. The summed E-state index contributed by atoms with van der Waals surface area (Å²) in [4.78, 5) is 16.0. The lowest BCUT2D eigenvalue weighted by Crippen LogP contribution is -2.06. The van der Waals surface area contributed by atoms with E-state index in [9.17, 15) is 9.18 Å². The minimum absolute atomic E-state index is 0.000974. The number of rotatable bonds is 4. The van der Waals surface area contributed by atoms with Gasteiger partial charge in [-0.25, -0.2) is 9.37 Å². The Morgan fingerprint density at radius 3 is 2.94 bits per heavy atom. The quantitative estimate of drug-likeness (QED) is 0.878. The number of halogens is 2. The molecule has 0 aliphatic carbocycles. The summed E-state index contributed by atoms with van der Waals surface area (Å²) in [6.07, 6.45) is -0.000974. The second-order valence-corrected chi connectivity index (χ2v) is 5.52. The number of ketones is 1. The predicted molar refractivity (Wildman–Crippen MR) is 72.1 cm³/mol. The van der Waals surface area contributed by atoms with Crippen LogP contribution in [0.3, 0.4) is 0 Å². The van der Waals surface area contributed by atoms with Crippen molar-refractivity contribution in [3.05, 3.63) is 50.1 Å². The molecular formula is C12H10BrFN2OS. The Morgan fingerprint density at radius 2 is 2.28 bits per heavy atom. The van der Waals surface area contributed by atoms with E-state index in [1.54, 1.807) is 17.5 Å². The van der Waals surface area contributed by atoms with Gasteiger partial charge in [-0.3, -0.25) is 4.79 Å². The minimum atomic E-state index is -0.388. The Morgan fingerprint density at radius 1 is 1.50 bits per heavy atom. The number of Topliss-reactive ketones (excluding diaryl/α,β-unsaturated/α-hetero) is 1. The molecule has 0 spiro atoms. The highest BCUT2D eigenvalue weighted by Gasteiger charge is 2.13. The lowest BCUT2D eigenvalue weighted by atomic mass is 10.1. The first-order chi connectivity index (χ1) is 8.60. The van der Waals surface area contributed by atoms with E-state index in [4.69, 9.17) is 5.73 Å². The standard InChI is InChI=1S/C12H10BrFN2OS/c13-8-1-2-9(14)7(3-8)4-11(17)10-6-18-12(5-15)16-10/h1-3,6H,4-5,15H2. The highest BCUT2D eigenvalue weighted by Crippen LogP contribution is 2.18. The molecule has 0 atom stereocenters. The van der Waals surface area contributed by atoms with Crippen LogP contribution in [0.15, 0.2) is 28.1 Å². The lowest BCUT2D eigenvalue weighted by molar-refractivity contribution is 0.0987. The molecule has 6 heteroatoms. The van der Waals surface area contributed by atoms with Gasteiger partial charge in [0.1, 0.15) is 16.5 Å². The zero-order chi connectivity index (χ0) is 13.1. The number of thiazole rings is 1. The van der Waals surface area contributed by atoms with Gasteiger partial charge in [0.15, 0.2) is 5.78 Å². The SMILES string of the molecule is NCc1nc(C(=O)Cc2cc(Br)ccc2F)cs1. The van der Waals surface area contributed by atoms with Crippen molar-refractivity contribution in [2.75, 3.05) is 0 Å². The minimum Gasteiger partial charge on any atom is -0.325 e. The summed E-state index contributed by atoms with van der Waals surface area (Å²) in [5.41, 5.74) is 6.14. The number of carbonyl (C=O) groups excluding carboxylic acids is 1. The maximum atomic E-state index is 13.5. The van der Waals surface area contributed by atoms with E-state index >= 15 is 0 Å². The van der Waals surface area contributed by atoms with Crippen molar-refractivity contribution in [3.63, 3.8) is 0 Å². The van der Waals surface area contributed by atoms with E-state index in [2.05, 4.69) is 20.9 Å². The molecule has 0 bridgehead atoms. The van der Waals surface area contributed by atoms with Crippen molar-refractivity contribution in [1.82, 2.24) is 4.98 Å². The third kappa shape index (κ3) is 3.01. The molecule has 94 valence electrons. The number of nitrogens with zero attached hydrogens (tertiary/aromatic N) is 1. The predicted octanol–water partition coefficient (Wildman–Crippen LogP) is 2.93. The van der Waals surface area contributed by atoms with E-state index in [-0.39, 0.29) is 18.0 Å². The van der Waals surface area contributed by atoms with Gasteiger partial charge in [-0.05, 0) is 23.8 Å². The van der Waals surface area contributed by atoms with Gasteiger partial charge in [0.05, 0.1) is 0 Å². The van der Waals surface area contributed by atoms with Crippen molar-refractivity contribution in [1.29, 1.82) is 0 Å². The Labute approximate surface area is 116 Å². The van der Waals surface area contributed by atoms with E-state index in [1.165, 1.54) is 17.4 Å². The first kappa shape index (κ1) is 13.3. The number of aromatic nitrogens is 1. The van der Waals surface area contributed by atoms with Crippen LogP contribution in [-0.4, -0.2) is 10.8 Å². The van der Waals surface area contributed by atoms with Gasteiger partial charge < -0.3 is 5.73 Å². The summed E-state index contributed by atoms with van der Waals surface area (Å²) in [7, 11) is 0. The molecule has 1 aromatic heterocycles. The van der Waals surface area contributed by atoms with Crippen molar-refractivity contribution < 1.29 is 9.18 Å². The van der Waals surface area contributed by atoms with Crippen LogP contribution in [0.4, 0.5) is 4.39 Å². The van der Waals surface area contributed by atoms with Gasteiger partial charge >= 0.3 is 0 Å². The van der Waals surface area contributed by atoms with E-state index < -0.39 is 0 Å². The summed E-state index contributed by atoms with van der Waals surface area (Å²) in [5, 5.41) is 2.36. The molecule has 0 saturated carbocycles. The van der Waals surface area contributed by atoms with Crippen LogP contribution in [0.2, 0.25) is 0 Å². The first-order valence-electron chi connectivity index (χ1n) is 5.21. The van der Waals surface area contributed by atoms with Crippen molar-refractivity contribution in [2.45, 2.75) is 13.0 Å². The van der Waals surface area contributed by atoms with Gasteiger partial charge in [0, 0.05) is 22.8 Å². The largest absolute Gasteiger partial charge is 0.325 e. The van der Waals surface area contributed by atoms with Crippen LogP contribution < -0.4 is 5.73 Å². The molecule has 0 radical (unpaired) electrons. The highest BCUT2D eigenvalue weighted by molar-refractivity contribution is 9.10. The maximum absolute atomic E-state index is 13.5. The molecule has 0 fully saturated rings. The normalized spacial score (nSPS) is 10.6. The van der Waals surface area contributed by atoms with E-state index in [0.29, 0.717) is 22.8 Å². The fourth-order valence-corrected chi connectivity index (χ4v) is 2.56.